The van der Waals surface area contributed by atoms with Crippen LogP contribution in [-0.2, 0) is 13.6 Å². The van der Waals surface area contributed by atoms with Crippen LogP contribution in [0.2, 0.25) is 0 Å². The second-order valence-electron chi connectivity index (χ2n) is 4.45. The van der Waals surface area contributed by atoms with Crippen molar-refractivity contribution >= 4 is 0 Å². The van der Waals surface area contributed by atoms with Crippen LogP contribution in [0.15, 0.2) is 0 Å². The van der Waals surface area contributed by atoms with Gasteiger partial charge in [0, 0.05) is 19.1 Å². The number of hydrogen-bond donors (Lipinski definition) is 2. The van der Waals surface area contributed by atoms with Crippen LogP contribution >= 0.6 is 0 Å². The minimum Gasteiger partial charge on any atom is -0.395 e. The van der Waals surface area contributed by atoms with Crippen LogP contribution in [0.4, 0.5) is 0 Å². The number of aryl methyl sites for hydroxylation is 1. The van der Waals surface area contributed by atoms with Crippen molar-refractivity contribution in [3.05, 3.63) is 5.82 Å². The first-order valence-electron chi connectivity index (χ1n) is 6.07. The van der Waals surface area contributed by atoms with E-state index in [0.717, 1.165) is 13.1 Å². The lowest BCUT2D eigenvalue weighted by Crippen LogP contribution is -2.38. The molecule has 0 aromatic carbocycles. The fourth-order valence-corrected chi connectivity index (χ4v) is 2.19. The highest BCUT2D eigenvalue weighted by atomic mass is 16.3. The van der Waals surface area contributed by atoms with Crippen molar-refractivity contribution in [2.45, 2.75) is 25.4 Å². The summed E-state index contributed by atoms with van der Waals surface area (Å²) in [6.07, 6.45) is 2.44. The average molecular weight is 240 g/mol. The maximum atomic E-state index is 9.07. The largest absolute Gasteiger partial charge is 0.395 e. The molecule has 0 aliphatic carbocycles. The van der Waals surface area contributed by atoms with Gasteiger partial charge in [-0.25, -0.2) is 0 Å². The summed E-state index contributed by atoms with van der Waals surface area (Å²) in [5, 5.41) is 24.5. The lowest BCUT2D eigenvalue weighted by molar-refractivity contribution is 0.176. The molecular formula is C10H20N6O. The zero-order valence-corrected chi connectivity index (χ0v) is 10.2. The average Bonchev–Trinajstić information content (AvgIpc) is 2.91. The molecule has 1 atom stereocenters. The summed E-state index contributed by atoms with van der Waals surface area (Å²) in [4.78, 5) is 3.63. The summed E-state index contributed by atoms with van der Waals surface area (Å²) >= 11 is 0. The van der Waals surface area contributed by atoms with Gasteiger partial charge in [-0.05, 0) is 24.6 Å². The SMILES string of the molecule is Cn1nnc(CN(CCO)CC2CCCN2)n1. The van der Waals surface area contributed by atoms with Gasteiger partial charge >= 0.3 is 0 Å². The third-order valence-corrected chi connectivity index (χ3v) is 2.97. The van der Waals surface area contributed by atoms with E-state index in [1.54, 1.807) is 7.05 Å². The topological polar surface area (TPSA) is 79.1 Å². The lowest BCUT2D eigenvalue weighted by atomic mass is 10.2. The van der Waals surface area contributed by atoms with Gasteiger partial charge in [0.25, 0.3) is 0 Å². The van der Waals surface area contributed by atoms with Crippen molar-refractivity contribution in [3.63, 3.8) is 0 Å². The molecule has 17 heavy (non-hydrogen) atoms. The molecule has 2 N–H and O–H groups in total. The molecule has 1 fully saturated rings. The highest BCUT2D eigenvalue weighted by Gasteiger charge is 2.18. The number of nitrogens with one attached hydrogen (secondary N) is 1. The summed E-state index contributed by atoms with van der Waals surface area (Å²) in [6, 6.07) is 0.526. The number of aliphatic hydroxyl groups is 1. The van der Waals surface area contributed by atoms with E-state index in [1.165, 1.54) is 17.6 Å². The molecule has 0 amide bonds. The van der Waals surface area contributed by atoms with Crippen molar-refractivity contribution in [2.75, 3.05) is 26.2 Å². The van der Waals surface area contributed by atoms with E-state index in [1.807, 2.05) is 0 Å². The molecule has 0 bridgehead atoms. The van der Waals surface area contributed by atoms with Gasteiger partial charge in [-0.3, -0.25) is 4.90 Å². The van der Waals surface area contributed by atoms with Gasteiger partial charge < -0.3 is 10.4 Å². The fraction of sp³-hybridized carbons (Fsp3) is 0.900. The minimum absolute atomic E-state index is 0.160. The quantitative estimate of drug-likeness (QED) is 0.647. The molecule has 2 heterocycles. The zero-order chi connectivity index (χ0) is 12.1. The normalized spacial score (nSPS) is 20.3. The maximum Gasteiger partial charge on any atom is 0.188 e. The predicted octanol–water partition coefficient (Wildman–Crippen LogP) is -1.24. The summed E-state index contributed by atoms with van der Waals surface area (Å²) in [6.45, 7) is 3.48. The van der Waals surface area contributed by atoms with Gasteiger partial charge in [0.2, 0.25) is 0 Å². The van der Waals surface area contributed by atoms with Crippen molar-refractivity contribution in [1.29, 1.82) is 0 Å². The minimum atomic E-state index is 0.160. The summed E-state index contributed by atoms with van der Waals surface area (Å²) in [5.41, 5.74) is 0. The van der Waals surface area contributed by atoms with E-state index in [0.29, 0.717) is 25.0 Å². The molecule has 1 saturated heterocycles. The van der Waals surface area contributed by atoms with Gasteiger partial charge in [0.05, 0.1) is 20.2 Å². The number of aliphatic hydroxyl groups excluding tert-OH is 1. The third-order valence-electron chi connectivity index (χ3n) is 2.97. The Morgan fingerprint density at radius 3 is 3.06 bits per heavy atom. The van der Waals surface area contributed by atoms with Gasteiger partial charge in [0.1, 0.15) is 0 Å². The number of rotatable bonds is 6. The van der Waals surface area contributed by atoms with Crippen LogP contribution in [0.25, 0.3) is 0 Å². The zero-order valence-electron chi connectivity index (χ0n) is 10.2. The Morgan fingerprint density at radius 2 is 2.47 bits per heavy atom. The van der Waals surface area contributed by atoms with E-state index in [2.05, 4.69) is 25.6 Å². The fourth-order valence-electron chi connectivity index (χ4n) is 2.19. The summed E-state index contributed by atoms with van der Waals surface area (Å²) in [5.74, 6) is 0.707. The first kappa shape index (κ1) is 12.4. The maximum absolute atomic E-state index is 9.07. The monoisotopic (exact) mass is 240 g/mol. The molecule has 0 radical (unpaired) electrons. The summed E-state index contributed by atoms with van der Waals surface area (Å²) < 4.78 is 0. The third kappa shape index (κ3) is 3.72. The summed E-state index contributed by atoms with van der Waals surface area (Å²) in [7, 11) is 1.76. The molecule has 96 valence electrons. The number of hydrogen-bond acceptors (Lipinski definition) is 6. The number of tetrazole rings is 1. The Labute approximate surface area is 101 Å². The number of aromatic nitrogens is 4. The highest BCUT2D eigenvalue weighted by Crippen LogP contribution is 2.08. The Bertz CT molecular complexity index is 335. The second kappa shape index (κ2) is 6.04. The van der Waals surface area contributed by atoms with Crippen LogP contribution in [0, 0.1) is 0 Å². The molecule has 2 rings (SSSR count). The Morgan fingerprint density at radius 1 is 1.59 bits per heavy atom. The molecule has 1 aromatic heterocycles. The predicted molar refractivity (Wildman–Crippen MR) is 62.2 cm³/mol. The smallest absolute Gasteiger partial charge is 0.188 e. The van der Waals surface area contributed by atoms with Crippen molar-refractivity contribution in [2.24, 2.45) is 7.05 Å². The van der Waals surface area contributed by atoms with Gasteiger partial charge in [-0.2, -0.15) is 4.80 Å². The molecule has 1 aliphatic rings. The van der Waals surface area contributed by atoms with E-state index in [4.69, 9.17) is 5.11 Å². The van der Waals surface area contributed by atoms with Crippen LogP contribution in [0.3, 0.4) is 0 Å². The van der Waals surface area contributed by atoms with Crippen LogP contribution < -0.4 is 5.32 Å². The first-order chi connectivity index (χ1) is 8.28. The standard InChI is InChI=1S/C10H20N6O/c1-15-13-10(12-14-15)8-16(5-6-17)7-9-3-2-4-11-9/h9,11,17H,2-8H2,1H3. The van der Waals surface area contributed by atoms with Gasteiger partial charge in [-0.1, -0.05) is 0 Å². The molecule has 1 aromatic rings. The van der Waals surface area contributed by atoms with Crippen LogP contribution in [-0.4, -0.2) is 62.5 Å². The van der Waals surface area contributed by atoms with Crippen LogP contribution in [0.5, 0.6) is 0 Å². The van der Waals surface area contributed by atoms with E-state index < -0.39 is 0 Å². The Hall–Kier alpha value is -1.05. The van der Waals surface area contributed by atoms with E-state index >= 15 is 0 Å². The molecule has 7 nitrogen and oxygen atoms in total. The van der Waals surface area contributed by atoms with E-state index in [-0.39, 0.29) is 6.61 Å². The van der Waals surface area contributed by atoms with Crippen molar-refractivity contribution in [3.8, 4) is 0 Å². The second-order valence-corrected chi connectivity index (χ2v) is 4.45. The molecule has 7 heteroatoms. The van der Waals surface area contributed by atoms with E-state index in [9.17, 15) is 0 Å². The van der Waals surface area contributed by atoms with Crippen molar-refractivity contribution < 1.29 is 5.11 Å². The molecule has 0 saturated carbocycles. The Kier molecular flexibility index (Phi) is 4.41. The highest BCUT2D eigenvalue weighted by molar-refractivity contribution is 4.82. The Balaban J connectivity index is 1.87. The molecule has 1 unspecified atom stereocenters. The van der Waals surface area contributed by atoms with Gasteiger partial charge in [-0.15, -0.1) is 10.2 Å². The molecule has 0 spiro atoms. The number of nitrogens with zero attached hydrogens (tertiary/aromatic N) is 5. The molecular weight excluding hydrogens is 220 g/mol. The molecule has 1 aliphatic heterocycles. The van der Waals surface area contributed by atoms with Crippen LogP contribution in [0.1, 0.15) is 18.7 Å². The van der Waals surface area contributed by atoms with Crippen molar-refractivity contribution in [1.82, 2.24) is 30.4 Å². The lowest BCUT2D eigenvalue weighted by Gasteiger charge is -2.23. The van der Waals surface area contributed by atoms with Gasteiger partial charge in [0.15, 0.2) is 5.82 Å². The first-order valence-corrected chi connectivity index (χ1v) is 6.07.